The minimum atomic E-state index is -0.511. The van der Waals surface area contributed by atoms with Crippen LogP contribution in [0.3, 0.4) is 0 Å². The molecule has 3 rings (SSSR count). The standard InChI is InChI=1S/C14H11N3O3/c1-19-11-8-6-10(7-9-11)14(18)20-17-13-5-3-2-4-12(13)15-16-17/h2-9H,1H3. The molecule has 0 aliphatic rings. The van der Waals surface area contributed by atoms with Crippen LogP contribution < -0.4 is 9.57 Å². The second kappa shape index (κ2) is 5.00. The number of benzene rings is 2. The Morgan fingerprint density at radius 2 is 1.85 bits per heavy atom. The third-order valence-corrected chi connectivity index (χ3v) is 2.82. The number of rotatable bonds is 3. The highest BCUT2D eigenvalue weighted by Crippen LogP contribution is 2.12. The molecule has 0 unspecified atom stereocenters. The van der Waals surface area contributed by atoms with Gasteiger partial charge in [-0.2, -0.15) is 0 Å². The minimum absolute atomic E-state index is 0.408. The molecule has 0 aliphatic carbocycles. The summed E-state index contributed by atoms with van der Waals surface area (Å²) in [7, 11) is 1.56. The largest absolute Gasteiger partial charge is 0.497 e. The van der Waals surface area contributed by atoms with Crippen molar-refractivity contribution < 1.29 is 14.4 Å². The molecule has 0 bridgehead atoms. The summed E-state index contributed by atoms with van der Waals surface area (Å²) in [5.41, 5.74) is 1.70. The Kier molecular flexibility index (Phi) is 3.04. The summed E-state index contributed by atoms with van der Waals surface area (Å²) in [6.45, 7) is 0. The number of aromatic nitrogens is 3. The van der Waals surface area contributed by atoms with E-state index in [2.05, 4.69) is 10.3 Å². The molecule has 3 aromatic rings. The highest BCUT2D eigenvalue weighted by atomic mass is 16.7. The van der Waals surface area contributed by atoms with Gasteiger partial charge < -0.3 is 9.57 Å². The van der Waals surface area contributed by atoms with E-state index < -0.39 is 5.97 Å². The fourth-order valence-electron chi connectivity index (χ4n) is 1.77. The Balaban J connectivity index is 1.84. The number of para-hydroxylation sites is 1. The van der Waals surface area contributed by atoms with Gasteiger partial charge in [0, 0.05) is 0 Å². The molecule has 6 nitrogen and oxygen atoms in total. The first-order valence-corrected chi connectivity index (χ1v) is 5.95. The van der Waals surface area contributed by atoms with Gasteiger partial charge >= 0.3 is 5.97 Å². The zero-order chi connectivity index (χ0) is 13.9. The van der Waals surface area contributed by atoms with Gasteiger partial charge in [-0.3, -0.25) is 0 Å². The lowest BCUT2D eigenvalue weighted by Crippen LogP contribution is -2.20. The molecule has 0 fully saturated rings. The molecule has 0 N–H and O–H groups in total. The van der Waals surface area contributed by atoms with E-state index in [1.165, 1.54) is 0 Å². The van der Waals surface area contributed by atoms with Crippen LogP contribution in [0.4, 0.5) is 0 Å². The van der Waals surface area contributed by atoms with Crippen LogP contribution in [-0.4, -0.2) is 28.2 Å². The second-order valence-corrected chi connectivity index (χ2v) is 4.06. The molecule has 0 spiro atoms. The third-order valence-electron chi connectivity index (χ3n) is 2.82. The lowest BCUT2D eigenvalue weighted by Gasteiger charge is -2.04. The molecular weight excluding hydrogens is 258 g/mol. The van der Waals surface area contributed by atoms with Gasteiger partial charge in [0.05, 0.1) is 12.7 Å². The number of nitrogens with zero attached hydrogens (tertiary/aromatic N) is 3. The van der Waals surface area contributed by atoms with Crippen molar-refractivity contribution in [1.29, 1.82) is 0 Å². The van der Waals surface area contributed by atoms with Crippen LogP contribution >= 0.6 is 0 Å². The normalized spacial score (nSPS) is 10.4. The maximum Gasteiger partial charge on any atom is 0.365 e. The van der Waals surface area contributed by atoms with Gasteiger partial charge in [-0.25, -0.2) is 4.79 Å². The highest BCUT2D eigenvalue weighted by molar-refractivity contribution is 5.90. The van der Waals surface area contributed by atoms with Crippen molar-refractivity contribution in [3.63, 3.8) is 0 Å². The summed E-state index contributed by atoms with van der Waals surface area (Å²) in [4.78, 5) is 18.3. The summed E-state index contributed by atoms with van der Waals surface area (Å²) in [5, 5.41) is 7.70. The van der Waals surface area contributed by atoms with Gasteiger partial charge in [-0.05, 0) is 41.6 Å². The van der Waals surface area contributed by atoms with Crippen molar-refractivity contribution in [2.24, 2.45) is 0 Å². The molecule has 100 valence electrons. The molecule has 0 amide bonds. The average Bonchev–Trinajstić information content (AvgIpc) is 2.91. The van der Waals surface area contributed by atoms with Gasteiger partial charge in [-0.15, -0.1) is 5.10 Å². The monoisotopic (exact) mass is 269 g/mol. The summed E-state index contributed by atoms with van der Waals surface area (Å²) in [6.07, 6.45) is 0. The second-order valence-electron chi connectivity index (χ2n) is 4.06. The number of ether oxygens (including phenoxy) is 1. The number of carbonyl (C=O) groups is 1. The van der Waals surface area contributed by atoms with Crippen LogP contribution in [-0.2, 0) is 0 Å². The van der Waals surface area contributed by atoms with Crippen molar-refractivity contribution in [1.82, 2.24) is 15.2 Å². The maximum atomic E-state index is 12.0. The van der Waals surface area contributed by atoms with Gasteiger partial charge in [0.25, 0.3) is 0 Å². The van der Waals surface area contributed by atoms with Crippen LogP contribution in [0.2, 0.25) is 0 Å². The van der Waals surface area contributed by atoms with Crippen LogP contribution in [0.15, 0.2) is 48.5 Å². The van der Waals surface area contributed by atoms with Crippen molar-refractivity contribution in [3.8, 4) is 5.75 Å². The molecule has 0 radical (unpaired) electrons. The lowest BCUT2D eigenvalue weighted by molar-refractivity contribution is 0.0409. The van der Waals surface area contributed by atoms with E-state index in [-0.39, 0.29) is 0 Å². The maximum absolute atomic E-state index is 12.0. The Bertz CT molecular complexity index is 750. The first-order chi connectivity index (χ1) is 9.78. The Morgan fingerprint density at radius 3 is 2.60 bits per heavy atom. The third kappa shape index (κ3) is 2.18. The fourth-order valence-corrected chi connectivity index (χ4v) is 1.77. The van der Waals surface area contributed by atoms with Crippen molar-refractivity contribution in [2.45, 2.75) is 0 Å². The first-order valence-electron chi connectivity index (χ1n) is 5.95. The SMILES string of the molecule is COc1ccc(C(=O)On2nnc3ccccc32)cc1. The number of carbonyl (C=O) groups excluding carboxylic acids is 1. The molecule has 0 saturated heterocycles. The fraction of sp³-hybridized carbons (Fsp3) is 0.0714. The van der Waals surface area contributed by atoms with E-state index in [0.29, 0.717) is 22.3 Å². The van der Waals surface area contributed by atoms with Gasteiger partial charge in [0.2, 0.25) is 0 Å². The molecule has 0 aliphatic heterocycles. The van der Waals surface area contributed by atoms with Crippen LogP contribution in [0, 0.1) is 0 Å². The summed E-state index contributed by atoms with van der Waals surface area (Å²) < 4.78 is 5.03. The first kappa shape index (κ1) is 12.2. The minimum Gasteiger partial charge on any atom is -0.497 e. The molecule has 2 aromatic carbocycles. The molecule has 1 aromatic heterocycles. The Morgan fingerprint density at radius 1 is 1.10 bits per heavy atom. The van der Waals surface area contributed by atoms with Gasteiger partial charge in [0.15, 0.2) is 0 Å². The predicted octanol–water partition coefficient (Wildman–Crippen LogP) is 1.71. The zero-order valence-corrected chi connectivity index (χ0v) is 10.7. The Labute approximate surface area is 114 Å². The molecule has 1 heterocycles. The lowest BCUT2D eigenvalue weighted by atomic mass is 10.2. The van der Waals surface area contributed by atoms with Gasteiger partial charge in [-0.1, -0.05) is 17.0 Å². The highest BCUT2D eigenvalue weighted by Gasteiger charge is 2.12. The zero-order valence-electron chi connectivity index (χ0n) is 10.7. The molecule has 0 saturated carbocycles. The molecule has 0 atom stereocenters. The Hall–Kier alpha value is -2.89. The van der Waals surface area contributed by atoms with Crippen molar-refractivity contribution in [2.75, 3.05) is 7.11 Å². The number of hydrogen-bond donors (Lipinski definition) is 0. The van der Waals surface area contributed by atoms with E-state index in [4.69, 9.17) is 9.57 Å². The van der Waals surface area contributed by atoms with E-state index in [1.54, 1.807) is 43.5 Å². The van der Waals surface area contributed by atoms with E-state index in [9.17, 15) is 4.79 Å². The summed E-state index contributed by atoms with van der Waals surface area (Å²) in [6, 6.07) is 13.9. The van der Waals surface area contributed by atoms with E-state index in [0.717, 1.165) is 4.85 Å². The van der Waals surface area contributed by atoms with Crippen LogP contribution in [0.5, 0.6) is 5.75 Å². The van der Waals surface area contributed by atoms with E-state index in [1.807, 2.05) is 12.1 Å². The topological polar surface area (TPSA) is 66.2 Å². The number of methoxy groups -OCH3 is 1. The summed E-state index contributed by atoms with van der Waals surface area (Å²) in [5.74, 6) is 0.163. The number of fused-ring (bicyclic) bond motifs is 1. The van der Waals surface area contributed by atoms with Gasteiger partial charge in [0.1, 0.15) is 16.8 Å². The molecular formula is C14H11N3O3. The number of hydrogen-bond acceptors (Lipinski definition) is 5. The smallest absolute Gasteiger partial charge is 0.365 e. The van der Waals surface area contributed by atoms with Crippen molar-refractivity contribution >= 4 is 17.0 Å². The quantitative estimate of drug-likeness (QED) is 0.677. The average molecular weight is 269 g/mol. The predicted molar refractivity (Wildman–Crippen MR) is 71.4 cm³/mol. The van der Waals surface area contributed by atoms with E-state index >= 15 is 0 Å². The molecule has 20 heavy (non-hydrogen) atoms. The molecule has 6 heteroatoms. The summed E-state index contributed by atoms with van der Waals surface area (Å²) >= 11 is 0. The van der Waals surface area contributed by atoms with Crippen molar-refractivity contribution in [3.05, 3.63) is 54.1 Å². The van der Waals surface area contributed by atoms with Crippen LogP contribution in [0.25, 0.3) is 11.0 Å². The van der Waals surface area contributed by atoms with Crippen LogP contribution in [0.1, 0.15) is 10.4 Å².